The Kier molecular flexibility index (Phi) is 3.96. The van der Waals surface area contributed by atoms with E-state index in [-0.39, 0.29) is 18.0 Å². The quantitative estimate of drug-likeness (QED) is 0.846. The number of carbonyl (C=O) groups excluding carboxylic acids is 1. The van der Waals surface area contributed by atoms with Gasteiger partial charge in [0.1, 0.15) is 0 Å². The van der Waals surface area contributed by atoms with Gasteiger partial charge in [-0.15, -0.1) is 11.3 Å². The van der Waals surface area contributed by atoms with Crippen molar-refractivity contribution in [3.63, 3.8) is 0 Å². The standard InChI is InChI=1S/C12H18N2OS/c1-9(11-6-4-8-16-11)14-10-5-2-3-7-13-12(10)15/h4,6,8-10,14H,2-3,5,7H2,1H3,(H,13,15)/t9-,10?/m0/s1. The number of rotatable bonds is 3. The lowest BCUT2D eigenvalue weighted by Gasteiger charge is -2.20. The molecule has 88 valence electrons. The minimum absolute atomic E-state index is 0.0281. The SMILES string of the molecule is C[C@H](NC1CCCCNC1=O)c1cccs1. The molecular weight excluding hydrogens is 220 g/mol. The largest absolute Gasteiger partial charge is 0.355 e. The summed E-state index contributed by atoms with van der Waals surface area (Å²) >= 11 is 1.73. The average Bonchev–Trinajstić information content (AvgIpc) is 2.73. The van der Waals surface area contributed by atoms with Crippen molar-refractivity contribution in [1.82, 2.24) is 10.6 Å². The number of carbonyl (C=O) groups is 1. The van der Waals surface area contributed by atoms with E-state index in [0.29, 0.717) is 0 Å². The molecule has 0 spiro atoms. The second-order valence-electron chi connectivity index (χ2n) is 4.24. The zero-order valence-corrected chi connectivity index (χ0v) is 10.3. The fraction of sp³-hybridized carbons (Fsp3) is 0.583. The van der Waals surface area contributed by atoms with Gasteiger partial charge in [0.05, 0.1) is 6.04 Å². The van der Waals surface area contributed by atoms with Crippen molar-refractivity contribution in [2.45, 2.75) is 38.3 Å². The van der Waals surface area contributed by atoms with Gasteiger partial charge in [-0.3, -0.25) is 10.1 Å². The Morgan fingerprint density at radius 3 is 3.19 bits per heavy atom. The molecule has 1 fully saturated rings. The first-order chi connectivity index (χ1) is 7.77. The van der Waals surface area contributed by atoms with E-state index < -0.39 is 0 Å². The van der Waals surface area contributed by atoms with Gasteiger partial charge in [-0.05, 0) is 37.6 Å². The number of hydrogen-bond donors (Lipinski definition) is 2. The molecule has 1 amide bonds. The van der Waals surface area contributed by atoms with Crippen LogP contribution in [0.2, 0.25) is 0 Å². The van der Waals surface area contributed by atoms with Crippen LogP contribution in [0, 0.1) is 0 Å². The molecule has 0 saturated carbocycles. The van der Waals surface area contributed by atoms with Crippen LogP contribution >= 0.6 is 11.3 Å². The zero-order valence-electron chi connectivity index (χ0n) is 9.53. The highest BCUT2D eigenvalue weighted by molar-refractivity contribution is 7.10. The van der Waals surface area contributed by atoms with Crippen molar-refractivity contribution < 1.29 is 4.79 Å². The van der Waals surface area contributed by atoms with Crippen LogP contribution in [-0.4, -0.2) is 18.5 Å². The molecule has 1 aromatic rings. The first-order valence-electron chi connectivity index (χ1n) is 5.84. The Bertz CT molecular complexity index is 337. The molecule has 0 aliphatic carbocycles. The molecule has 0 bridgehead atoms. The van der Waals surface area contributed by atoms with Crippen molar-refractivity contribution in [3.05, 3.63) is 22.4 Å². The van der Waals surface area contributed by atoms with Crippen molar-refractivity contribution in [2.24, 2.45) is 0 Å². The molecule has 1 aliphatic rings. The van der Waals surface area contributed by atoms with Gasteiger partial charge in [0.25, 0.3) is 0 Å². The Hall–Kier alpha value is -0.870. The van der Waals surface area contributed by atoms with Crippen LogP contribution < -0.4 is 10.6 Å². The predicted octanol–water partition coefficient (Wildman–Crippen LogP) is 2.07. The molecular formula is C12H18N2OS. The zero-order chi connectivity index (χ0) is 11.4. The van der Waals surface area contributed by atoms with E-state index >= 15 is 0 Å². The highest BCUT2D eigenvalue weighted by Crippen LogP contribution is 2.19. The lowest BCUT2D eigenvalue weighted by atomic mass is 10.1. The van der Waals surface area contributed by atoms with Crippen LogP contribution in [0.3, 0.4) is 0 Å². The topological polar surface area (TPSA) is 41.1 Å². The first-order valence-corrected chi connectivity index (χ1v) is 6.72. The molecule has 3 nitrogen and oxygen atoms in total. The summed E-state index contributed by atoms with van der Waals surface area (Å²) in [4.78, 5) is 13.0. The minimum atomic E-state index is -0.0281. The fourth-order valence-corrected chi connectivity index (χ4v) is 2.76. The average molecular weight is 238 g/mol. The maximum Gasteiger partial charge on any atom is 0.237 e. The van der Waals surface area contributed by atoms with E-state index in [1.165, 1.54) is 4.88 Å². The van der Waals surface area contributed by atoms with Crippen molar-refractivity contribution in [1.29, 1.82) is 0 Å². The molecule has 2 atom stereocenters. The number of hydrogen-bond acceptors (Lipinski definition) is 3. The van der Waals surface area contributed by atoms with E-state index in [4.69, 9.17) is 0 Å². The Balaban J connectivity index is 1.94. The summed E-state index contributed by atoms with van der Waals surface area (Å²) in [5, 5.41) is 8.43. The van der Waals surface area contributed by atoms with Crippen LogP contribution in [0.15, 0.2) is 17.5 Å². The van der Waals surface area contributed by atoms with Crippen molar-refractivity contribution in [2.75, 3.05) is 6.54 Å². The minimum Gasteiger partial charge on any atom is -0.355 e. The van der Waals surface area contributed by atoms with Gasteiger partial charge < -0.3 is 5.32 Å². The molecule has 2 N–H and O–H groups in total. The third-order valence-electron chi connectivity index (χ3n) is 2.96. The first kappa shape index (κ1) is 11.6. The number of nitrogens with one attached hydrogen (secondary N) is 2. The highest BCUT2D eigenvalue weighted by atomic mass is 32.1. The normalized spacial score (nSPS) is 23.6. The second-order valence-corrected chi connectivity index (χ2v) is 5.22. The third-order valence-corrected chi connectivity index (χ3v) is 4.01. The monoisotopic (exact) mass is 238 g/mol. The molecule has 1 aliphatic heterocycles. The van der Waals surface area contributed by atoms with Crippen molar-refractivity contribution >= 4 is 17.2 Å². The van der Waals surface area contributed by atoms with Crippen LogP contribution in [0.1, 0.15) is 37.1 Å². The molecule has 2 rings (SSSR count). The van der Waals surface area contributed by atoms with Gasteiger partial charge in [-0.25, -0.2) is 0 Å². The van der Waals surface area contributed by atoms with Crippen LogP contribution in [0.25, 0.3) is 0 Å². The Labute approximate surface area is 100 Å². The summed E-state index contributed by atoms with van der Waals surface area (Å²) in [5.41, 5.74) is 0. The van der Waals surface area contributed by atoms with Crippen LogP contribution in [-0.2, 0) is 4.79 Å². The molecule has 1 aromatic heterocycles. The molecule has 2 heterocycles. The van der Waals surface area contributed by atoms with Gasteiger partial charge >= 0.3 is 0 Å². The Morgan fingerprint density at radius 1 is 1.56 bits per heavy atom. The van der Waals surface area contributed by atoms with Gasteiger partial charge in [0.2, 0.25) is 5.91 Å². The smallest absolute Gasteiger partial charge is 0.237 e. The van der Waals surface area contributed by atoms with E-state index in [1.54, 1.807) is 11.3 Å². The second kappa shape index (κ2) is 5.46. The lowest BCUT2D eigenvalue weighted by Crippen LogP contribution is -2.43. The summed E-state index contributed by atoms with van der Waals surface area (Å²) < 4.78 is 0. The molecule has 1 unspecified atom stereocenters. The highest BCUT2D eigenvalue weighted by Gasteiger charge is 2.22. The van der Waals surface area contributed by atoms with Gasteiger partial charge in [-0.1, -0.05) is 6.07 Å². The van der Waals surface area contributed by atoms with E-state index in [1.807, 2.05) is 6.07 Å². The number of thiophene rings is 1. The summed E-state index contributed by atoms with van der Waals surface area (Å²) in [7, 11) is 0. The van der Waals surface area contributed by atoms with E-state index in [9.17, 15) is 4.79 Å². The summed E-state index contributed by atoms with van der Waals surface area (Å²) in [6, 6.07) is 4.39. The molecule has 1 saturated heterocycles. The van der Waals surface area contributed by atoms with Gasteiger partial charge in [0, 0.05) is 17.5 Å². The molecule has 0 radical (unpaired) electrons. The maximum atomic E-state index is 11.7. The van der Waals surface area contributed by atoms with Crippen molar-refractivity contribution in [3.8, 4) is 0 Å². The summed E-state index contributed by atoms with van der Waals surface area (Å²) in [6.45, 7) is 2.94. The fourth-order valence-electron chi connectivity index (χ4n) is 2.02. The molecule has 0 aromatic carbocycles. The van der Waals surface area contributed by atoms with Gasteiger partial charge in [-0.2, -0.15) is 0 Å². The van der Waals surface area contributed by atoms with Crippen LogP contribution in [0.4, 0.5) is 0 Å². The maximum absolute atomic E-state index is 11.7. The van der Waals surface area contributed by atoms with E-state index in [2.05, 4.69) is 29.0 Å². The third kappa shape index (κ3) is 2.83. The molecule has 16 heavy (non-hydrogen) atoms. The molecule has 4 heteroatoms. The Morgan fingerprint density at radius 2 is 2.44 bits per heavy atom. The predicted molar refractivity (Wildman–Crippen MR) is 66.5 cm³/mol. The lowest BCUT2D eigenvalue weighted by molar-refractivity contribution is -0.123. The summed E-state index contributed by atoms with van der Waals surface area (Å²) in [6.07, 6.45) is 3.16. The van der Waals surface area contributed by atoms with E-state index in [0.717, 1.165) is 25.8 Å². The van der Waals surface area contributed by atoms with Gasteiger partial charge in [0.15, 0.2) is 0 Å². The number of amides is 1. The summed E-state index contributed by atoms with van der Waals surface area (Å²) in [5.74, 6) is 0.154. The van der Waals surface area contributed by atoms with Crippen LogP contribution in [0.5, 0.6) is 0 Å².